The molecule has 0 aliphatic carbocycles. The van der Waals surface area contributed by atoms with Crippen molar-refractivity contribution in [1.29, 1.82) is 0 Å². The fourth-order valence-corrected chi connectivity index (χ4v) is 3.11. The summed E-state index contributed by atoms with van der Waals surface area (Å²) in [5.74, 6) is 0. The predicted octanol–water partition coefficient (Wildman–Crippen LogP) is 4.45. The Balaban J connectivity index is 0.000000171. The van der Waals surface area contributed by atoms with Gasteiger partial charge in [-0.2, -0.15) is 4.73 Å². The molecule has 2 rings (SSSR count). The van der Waals surface area contributed by atoms with Gasteiger partial charge in [-0.05, 0) is 75.9 Å². The Hall–Kier alpha value is 0.0200. The summed E-state index contributed by atoms with van der Waals surface area (Å²) in [6.07, 6.45) is 6.35. The summed E-state index contributed by atoms with van der Waals surface area (Å²) < 4.78 is 4.26. The number of rotatable bonds is 0. The van der Waals surface area contributed by atoms with Crippen LogP contribution < -0.4 is 4.73 Å². The van der Waals surface area contributed by atoms with E-state index in [4.69, 9.17) is 0 Å². The molecule has 0 saturated heterocycles. The number of hydrogen-bond acceptors (Lipinski definition) is 2. The van der Waals surface area contributed by atoms with Crippen molar-refractivity contribution < 1.29 is 4.73 Å². The first-order valence-electron chi connectivity index (χ1n) is 4.28. The van der Waals surface area contributed by atoms with Crippen LogP contribution in [0.2, 0.25) is 0 Å². The lowest BCUT2D eigenvalue weighted by Crippen LogP contribution is -2.24. The highest BCUT2D eigenvalue weighted by atomic mass is 79.9. The zero-order valence-electron chi connectivity index (χ0n) is 8.28. The lowest BCUT2D eigenvalue weighted by atomic mass is 10.5. The van der Waals surface area contributed by atoms with E-state index in [9.17, 15) is 5.21 Å². The summed E-state index contributed by atoms with van der Waals surface area (Å²) in [7, 11) is 0. The third-order valence-electron chi connectivity index (χ3n) is 1.45. The van der Waals surface area contributed by atoms with Crippen molar-refractivity contribution in [3.05, 3.63) is 60.0 Å². The first-order valence-corrected chi connectivity index (χ1v) is 7.45. The Morgan fingerprint density at radius 2 is 1.24 bits per heavy atom. The average Bonchev–Trinajstić information content (AvgIpc) is 2.15. The van der Waals surface area contributed by atoms with Crippen LogP contribution in [0, 0.1) is 5.21 Å². The predicted molar refractivity (Wildman–Crippen MR) is 80.4 cm³/mol. The molecule has 7 heteroatoms. The van der Waals surface area contributed by atoms with E-state index < -0.39 is 0 Å². The second kappa shape index (κ2) is 7.45. The summed E-state index contributed by atoms with van der Waals surface area (Å²) in [6, 6.07) is 3.74. The highest BCUT2D eigenvalue weighted by molar-refractivity contribution is 9.11. The molecule has 0 unspecified atom stereocenters. The molecule has 0 bridgehead atoms. The Morgan fingerprint density at radius 3 is 1.53 bits per heavy atom. The van der Waals surface area contributed by atoms with Crippen molar-refractivity contribution in [3.63, 3.8) is 0 Å². The first kappa shape index (κ1) is 15.1. The van der Waals surface area contributed by atoms with Crippen molar-refractivity contribution in [1.82, 2.24) is 4.98 Å². The van der Waals surface area contributed by atoms with Crippen molar-refractivity contribution in [2.75, 3.05) is 0 Å². The molecule has 2 aromatic rings. The third-order valence-corrected chi connectivity index (χ3v) is 3.18. The molecule has 0 spiro atoms. The normalized spacial score (nSPS) is 9.41. The van der Waals surface area contributed by atoms with E-state index in [1.165, 1.54) is 12.4 Å². The highest BCUT2D eigenvalue weighted by Crippen LogP contribution is 2.13. The van der Waals surface area contributed by atoms with Crippen molar-refractivity contribution in [2.24, 2.45) is 0 Å². The van der Waals surface area contributed by atoms with Crippen molar-refractivity contribution >= 4 is 63.7 Å². The second-order valence-corrected chi connectivity index (χ2v) is 6.52. The summed E-state index contributed by atoms with van der Waals surface area (Å²) in [4.78, 5) is 3.89. The van der Waals surface area contributed by atoms with Gasteiger partial charge in [-0.1, -0.05) is 0 Å². The number of halogens is 4. The van der Waals surface area contributed by atoms with E-state index in [-0.39, 0.29) is 0 Å². The molecule has 90 valence electrons. The number of pyridine rings is 2. The van der Waals surface area contributed by atoms with Crippen LogP contribution in [0.15, 0.2) is 54.8 Å². The zero-order chi connectivity index (χ0) is 12.8. The van der Waals surface area contributed by atoms with Gasteiger partial charge < -0.3 is 5.21 Å². The van der Waals surface area contributed by atoms with Gasteiger partial charge in [0.25, 0.3) is 0 Å². The van der Waals surface area contributed by atoms with Crippen LogP contribution in [-0.2, 0) is 0 Å². The maximum absolute atomic E-state index is 10.6. The van der Waals surface area contributed by atoms with Gasteiger partial charge in [0, 0.05) is 21.3 Å². The molecule has 0 saturated carbocycles. The average molecular weight is 490 g/mol. The molecular weight excluding hydrogens is 484 g/mol. The summed E-state index contributed by atoms with van der Waals surface area (Å²) in [6.45, 7) is 0. The largest absolute Gasteiger partial charge is 0.619 e. The lowest BCUT2D eigenvalue weighted by molar-refractivity contribution is -0.606. The number of hydrogen-bond donors (Lipinski definition) is 0. The number of nitrogens with zero attached hydrogens (tertiary/aromatic N) is 2. The zero-order valence-corrected chi connectivity index (χ0v) is 14.6. The van der Waals surface area contributed by atoms with Crippen LogP contribution in [0.3, 0.4) is 0 Å². The topological polar surface area (TPSA) is 39.8 Å². The molecule has 0 fully saturated rings. The summed E-state index contributed by atoms with van der Waals surface area (Å²) in [5, 5.41) is 10.6. The molecule has 0 aliphatic heterocycles. The van der Waals surface area contributed by atoms with E-state index in [1.54, 1.807) is 18.5 Å². The summed E-state index contributed by atoms with van der Waals surface area (Å²) >= 11 is 12.9. The fraction of sp³-hybridized carbons (Fsp3) is 0. The van der Waals surface area contributed by atoms with E-state index in [1.807, 2.05) is 6.07 Å². The fourth-order valence-electron chi connectivity index (χ4n) is 0.873. The van der Waals surface area contributed by atoms with Gasteiger partial charge in [-0.25, -0.2) is 0 Å². The van der Waals surface area contributed by atoms with Gasteiger partial charge in [0.2, 0.25) is 0 Å². The van der Waals surface area contributed by atoms with Crippen LogP contribution >= 0.6 is 63.7 Å². The van der Waals surface area contributed by atoms with Gasteiger partial charge in [-0.3, -0.25) is 4.98 Å². The van der Waals surface area contributed by atoms with Crippen LogP contribution in [0.5, 0.6) is 0 Å². The van der Waals surface area contributed by atoms with E-state index in [2.05, 4.69) is 68.7 Å². The van der Waals surface area contributed by atoms with Crippen LogP contribution in [0.25, 0.3) is 0 Å². The van der Waals surface area contributed by atoms with Crippen LogP contribution in [0.1, 0.15) is 0 Å². The smallest absolute Gasteiger partial charge is 0.194 e. The molecule has 0 N–H and O–H groups in total. The molecule has 3 nitrogen and oxygen atoms in total. The highest BCUT2D eigenvalue weighted by Gasteiger charge is 1.95. The minimum atomic E-state index is 0.730. The monoisotopic (exact) mass is 486 g/mol. The Kier molecular flexibility index (Phi) is 6.61. The van der Waals surface area contributed by atoms with E-state index in [0.29, 0.717) is 0 Å². The Bertz CT molecular complexity index is 440. The van der Waals surface area contributed by atoms with Crippen molar-refractivity contribution in [2.45, 2.75) is 0 Å². The van der Waals surface area contributed by atoms with Gasteiger partial charge in [0.1, 0.15) is 0 Å². The molecule has 2 aromatic heterocycles. The molecule has 17 heavy (non-hydrogen) atoms. The van der Waals surface area contributed by atoms with Crippen molar-refractivity contribution in [3.8, 4) is 0 Å². The lowest BCUT2D eigenvalue weighted by Gasteiger charge is -1.94. The maximum Gasteiger partial charge on any atom is 0.194 e. The second-order valence-electron chi connectivity index (χ2n) is 2.85. The van der Waals surface area contributed by atoms with Gasteiger partial charge in [0.05, 0.1) is 8.95 Å². The molecule has 0 radical (unpaired) electrons. The van der Waals surface area contributed by atoms with Gasteiger partial charge in [-0.15, -0.1) is 0 Å². The first-order chi connectivity index (χ1) is 7.97. The SMILES string of the molecule is Brc1cncc(Br)c1.[O-][n+]1cc(Br)cc(Br)c1. The quantitative estimate of drug-likeness (QED) is 0.405. The van der Waals surface area contributed by atoms with Crippen LogP contribution in [0.4, 0.5) is 0 Å². The van der Waals surface area contributed by atoms with Gasteiger partial charge >= 0.3 is 0 Å². The Morgan fingerprint density at radius 1 is 0.824 bits per heavy atom. The number of aromatic nitrogens is 2. The van der Waals surface area contributed by atoms with Crippen LogP contribution in [-0.4, -0.2) is 4.98 Å². The minimum Gasteiger partial charge on any atom is -0.619 e. The van der Waals surface area contributed by atoms with E-state index in [0.717, 1.165) is 22.6 Å². The van der Waals surface area contributed by atoms with Gasteiger partial charge in [0.15, 0.2) is 12.4 Å². The molecule has 0 amide bonds. The third kappa shape index (κ3) is 6.49. The maximum atomic E-state index is 10.6. The summed E-state index contributed by atoms with van der Waals surface area (Å²) in [5.41, 5.74) is 0. The Labute approximate surface area is 132 Å². The standard InChI is InChI=1S/C5H3Br2NO.C5H3Br2N/c6-4-1-5(7)3-8(9)2-4;6-4-1-5(7)3-8-2-4/h1-3H;1-3H. The molecular formula is C10H6Br4N2O. The molecule has 0 aromatic carbocycles. The van der Waals surface area contributed by atoms with E-state index >= 15 is 0 Å². The minimum absolute atomic E-state index is 0.730. The molecule has 0 aliphatic rings. The molecule has 0 atom stereocenters. The molecule has 2 heterocycles.